The van der Waals surface area contributed by atoms with E-state index in [0.29, 0.717) is 0 Å². The number of nitro groups is 1. The molecule has 1 aromatic heterocycles. The van der Waals surface area contributed by atoms with E-state index in [2.05, 4.69) is 5.10 Å². The van der Waals surface area contributed by atoms with E-state index in [1.165, 1.54) is 18.5 Å². The second kappa shape index (κ2) is 5.47. The Morgan fingerprint density at radius 2 is 2.30 bits per heavy atom. The molecule has 2 aromatic rings. The smallest absolute Gasteiger partial charge is 0.341 e. The first-order chi connectivity index (χ1) is 9.52. The molecule has 7 nitrogen and oxygen atoms in total. The quantitative estimate of drug-likeness (QED) is 0.486. The summed E-state index contributed by atoms with van der Waals surface area (Å²) in [5, 5.41) is 14.7. The zero-order valence-electron chi connectivity index (χ0n) is 10.4. The van der Waals surface area contributed by atoms with Crippen LogP contribution in [-0.4, -0.2) is 27.3 Å². The molecule has 0 amide bonds. The molecule has 1 aromatic carbocycles. The van der Waals surface area contributed by atoms with Crippen LogP contribution in [0.25, 0.3) is 5.69 Å². The molecule has 8 heteroatoms. The minimum absolute atomic E-state index is 0.0620. The maximum Gasteiger partial charge on any atom is 0.341 e. The van der Waals surface area contributed by atoms with Crippen molar-refractivity contribution < 1.29 is 18.8 Å². The molecule has 0 spiro atoms. The number of carbonyl (C=O) groups is 1. The first-order valence-corrected chi connectivity index (χ1v) is 5.69. The van der Waals surface area contributed by atoms with Gasteiger partial charge in [0.05, 0.1) is 29.4 Å². The van der Waals surface area contributed by atoms with Gasteiger partial charge >= 0.3 is 5.97 Å². The highest BCUT2D eigenvalue weighted by Crippen LogP contribution is 2.23. The Hall–Kier alpha value is -2.77. The largest absolute Gasteiger partial charge is 0.462 e. The summed E-state index contributed by atoms with van der Waals surface area (Å²) in [6.45, 7) is 1.87. The van der Waals surface area contributed by atoms with Gasteiger partial charge in [-0.2, -0.15) is 5.10 Å². The highest BCUT2D eigenvalue weighted by Gasteiger charge is 2.18. The molecule has 0 radical (unpaired) electrons. The van der Waals surface area contributed by atoms with Crippen LogP contribution in [0.3, 0.4) is 0 Å². The number of esters is 1. The van der Waals surface area contributed by atoms with Crippen molar-refractivity contribution in [1.29, 1.82) is 0 Å². The summed E-state index contributed by atoms with van der Waals surface area (Å²) < 4.78 is 19.0. The molecule has 0 bridgehead atoms. The van der Waals surface area contributed by atoms with Gasteiger partial charge in [0.1, 0.15) is 11.5 Å². The number of hydrogen-bond donors (Lipinski definition) is 0. The van der Waals surface area contributed by atoms with Crippen molar-refractivity contribution >= 4 is 11.7 Å². The lowest BCUT2D eigenvalue weighted by Crippen LogP contribution is -2.04. The summed E-state index contributed by atoms with van der Waals surface area (Å²) in [7, 11) is 0. The van der Waals surface area contributed by atoms with Crippen molar-refractivity contribution in [3.05, 3.63) is 52.1 Å². The molecule has 0 aliphatic rings. The lowest BCUT2D eigenvalue weighted by Gasteiger charge is -2.02. The molecular formula is C12H10FN3O4. The molecule has 0 aliphatic carbocycles. The zero-order valence-corrected chi connectivity index (χ0v) is 10.4. The predicted octanol–water partition coefficient (Wildman–Crippen LogP) is 2.10. The molecule has 2 rings (SSSR count). The van der Waals surface area contributed by atoms with Crippen LogP contribution in [0.2, 0.25) is 0 Å². The summed E-state index contributed by atoms with van der Waals surface area (Å²) in [5.74, 6) is -1.30. The molecule has 0 unspecified atom stereocenters. The van der Waals surface area contributed by atoms with E-state index in [9.17, 15) is 19.3 Å². The van der Waals surface area contributed by atoms with E-state index < -0.39 is 22.4 Å². The fraction of sp³-hybridized carbons (Fsp3) is 0.167. The molecule has 0 N–H and O–H groups in total. The normalized spacial score (nSPS) is 10.3. The Balaban J connectivity index is 2.42. The predicted molar refractivity (Wildman–Crippen MR) is 66.1 cm³/mol. The Morgan fingerprint density at radius 1 is 1.55 bits per heavy atom. The van der Waals surface area contributed by atoms with E-state index in [0.717, 1.165) is 16.8 Å². The van der Waals surface area contributed by atoms with Gasteiger partial charge in [-0.3, -0.25) is 10.1 Å². The Labute approximate surface area is 112 Å². The second-order valence-electron chi connectivity index (χ2n) is 3.78. The van der Waals surface area contributed by atoms with Gasteiger partial charge in [0.15, 0.2) is 0 Å². The lowest BCUT2D eigenvalue weighted by atomic mass is 10.2. The monoisotopic (exact) mass is 279 g/mol. The fourth-order valence-electron chi connectivity index (χ4n) is 1.61. The molecule has 0 atom stereocenters. The van der Waals surface area contributed by atoms with E-state index in [-0.39, 0.29) is 17.9 Å². The van der Waals surface area contributed by atoms with Crippen molar-refractivity contribution in [2.24, 2.45) is 0 Å². The van der Waals surface area contributed by atoms with Gasteiger partial charge in [-0.05, 0) is 19.1 Å². The molecule has 1 heterocycles. The molecular weight excluding hydrogens is 269 g/mol. The van der Waals surface area contributed by atoms with Crippen LogP contribution in [0.15, 0.2) is 30.6 Å². The Morgan fingerprint density at radius 3 is 2.95 bits per heavy atom. The van der Waals surface area contributed by atoms with E-state index >= 15 is 0 Å². The van der Waals surface area contributed by atoms with Crippen molar-refractivity contribution in [3.8, 4) is 5.69 Å². The Bertz CT molecular complexity index is 668. The highest BCUT2D eigenvalue weighted by atomic mass is 19.1. The maximum atomic E-state index is 13.0. The topological polar surface area (TPSA) is 87.3 Å². The second-order valence-corrected chi connectivity index (χ2v) is 3.78. The lowest BCUT2D eigenvalue weighted by molar-refractivity contribution is -0.384. The van der Waals surface area contributed by atoms with Crippen LogP contribution >= 0.6 is 0 Å². The fourth-order valence-corrected chi connectivity index (χ4v) is 1.61. The van der Waals surface area contributed by atoms with E-state index in [1.807, 2.05) is 0 Å². The van der Waals surface area contributed by atoms with Crippen LogP contribution in [0.5, 0.6) is 0 Å². The van der Waals surface area contributed by atoms with Gasteiger partial charge in [0.2, 0.25) is 0 Å². The summed E-state index contributed by atoms with van der Waals surface area (Å²) >= 11 is 0. The number of nitrogens with zero attached hydrogens (tertiary/aromatic N) is 3. The number of ether oxygens (including phenoxy) is 1. The number of rotatable bonds is 4. The van der Waals surface area contributed by atoms with Crippen molar-refractivity contribution in [2.45, 2.75) is 6.92 Å². The van der Waals surface area contributed by atoms with E-state index in [1.54, 1.807) is 6.92 Å². The first-order valence-electron chi connectivity index (χ1n) is 5.69. The number of halogens is 1. The van der Waals surface area contributed by atoms with Gasteiger partial charge in [0.25, 0.3) is 5.69 Å². The van der Waals surface area contributed by atoms with Crippen LogP contribution in [0.1, 0.15) is 17.3 Å². The number of carbonyl (C=O) groups excluding carboxylic acids is 1. The summed E-state index contributed by atoms with van der Waals surface area (Å²) in [6.07, 6.45) is 2.52. The number of aromatic nitrogens is 2. The van der Waals surface area contributed by atoms with Gasteiger partial charge in [0, 0.05) is 6.20 Å². The van der Waals surface area contributed by atoms with Gasteiger partial charge in [-0.25, -0.2) is 13.9 Å². The molecule has 0 saturated carbocycles. The zero-order chi connectivity index (χ0) is 14.7. The number of nitro benzene ring substituents is 1. The number of benzene rings is 1. The minimum Gasteiger partial charge on any atom is -0.462 e. The summed E-state index contributed by atoms with van der Waals surface area (Å²) in [6, 6.07) is 3.09. The maximum absolute atomic E-state index is 13.0. The third-order valence-electron chi connectivity index (χ3n) is 2.47. The van der Waals surface area contributed by atoms with Crippen LogP contribution in [0, 0.1) is 15.9 Å². The standard InChI is InChI=1S/C12H10FN3O4/c1-2-20-12(17)8-6-14-15(7-8)10-4-3-9(13)5-11(10)16(18)19/h3-7H,2H2,1H3. The summed E-state index contributed by atoms with van der Waals surface area (Å²) in [5.41, 5.74) is -0.221. The van der Waals surface area contributed by atoms with Crippen LogP contribution in [0.4, 0.5) is 10.1 Å². The third-order valence-corrected chi connectivity index (χ3v) is 2.47. The molecule has 0 saturated heterocycles. The van der Waals surface area contributed by atoms with E-state index in [4.69, 9.17) is 4.74 Å². The van der Waals surface area contributed by atoms with Crippen molar-refractivity contribution in [2.75, 3.05) is 6.61 Å². The van der Waals surface area contributed by atoms with Crippen LogP contribution in [-0.2, 0) is 4.74 Å². The van der Waals surface area contributed by atoms with Crippen LogP contribution < -0.4 is 0 Å². The molecule has 104 valence electrons. The van der Waals surface area contributed by atoms with Gasteiger partial charge in [-0.1, -0.05) is 0 Å². The molecule has 20 heavy (non-hydrogen) atoms. The minimum atomic E-state index is -0.724. The highest BCUT2D eigenvalue weighted by molar-refractivity contribution is 5.88. The summed E-state index contributed by atoms with van der Waals surface area (Å²) in [4.78, 5) is 21.7. The van der Waals surface area contributed by atoms with Crippen molar-refractivity contribution in [3.63, 3.8) is 0 Å². The van der Waals surface area contributed by atoms with Crippen molar-refractivity contribution in [1.82, 2.24) is 9.78 Å². The average Bonchev–Trinajstić information content (AvgIpc) is 2.88. The molecule has 0 aliphatic heterocycles. The number of hydrogen-bond acceptors (Lipinski definition) is 5. The molecule has 0 fully saturated rings. The van der Waals surface area contributed by atoms with Gasteiger partial charge in [-0.15, -0.1) is 0 Å². The Kier molecular flexibility index (Phi) is 3.74. The SMILES string of the molecule is CCOC(=O)c1cnn(-c2ccc(F)cc2[N+](=O)[O-])c1. The third kappa shape index (κ3) is 2.63. The first kappa shape index (κ1) is 13.7. The van der Waals surface area contributed by atoms with Gasteiger partial charge < -0.3 is 4.74 Å². The average molecular weight is 279 g/mol.